The lowest BCUT2D eigenvalue weighted by Gasteiger charge is -2.19. The van der Waals surface area contributed by atoms with Gasteiger partial charge in [0.1, 0.15) is 0 Å². The van der Waals surface area contributed by atoms with E-state index in [0.29, 0.717) is 0 Å². The second-order valence-electron chi connectivity index (χ2n) is 13.8. The van der Waals surface area contributed by atoms with Crippen LogP contribution in [0.5, 0.6) is 0 Å². The molecule has 0 spiro atoms. The van der Waals surface area contributed by atoms with E-state index >= 15 is 0 Å². The standard InChI is InChI=1S/C52H34/c1-5-13-39-29-43(21-17-35(39)9-1)45-25-27-49(47-23-19-37-11-3-7-15-41(37)31-47)51(33-45)52-34-46(44-22-18-36-10-2-6-14-40(36)30-44)26-28-50(52)48-24-20-38-12-4-8-16-42(38)32-48/h1-34H. The van der Waals surface area contributed by atoms with Gasteiger partial charge in [0, 0.05) is 0 Å². The van der Waals surface area contributed by atoms with Gasteiger partial charge in [0.15, 0.2) is 0 Å². The van der Waals surface area contributed by atoms with Crippen LogP contribution < -0.4 is 0 Å². The molecular formula is C52H34. The molecule has 0 nitrogen and oxygen atoms in total. The summed E-state index contributed by atoms with van der Waals surface area (Å²) in [4.78, 5) is 0. The van der Waals surface area contributed by atoms with Crippen molar-refractivity contribution in [2.75, 3.05) is 0 Å². The third-order valence-corrected chi connectivity index (χ3v) is 10.6. The van der Waals surface area contributed by atoms with Gasteiger partial charge in [-0.05, 0) is 135 Å². The fraction of sp³-hybridized carbons (Fsp3) is 0. The summed E-state index contributed by atoms with van der Waals surface area (Å²) in [7, 11) is 0. The summed E-state index contributed by atoms with van der Waals surface area (Å²) in [5, 5.41) is 9.97. The minimum absolute atomic E-state index is 1.20. The molecule has 10 aromatic carbocycles. The van der Waals surface area contributed by atoms with Gasteiger partial charge >= 0.3 is 0 Å². The van der Waals surface area contributed by atoms with Crippen LogP contribution in [0.4, 0.5) is 0 Å². The second-order valence-corrected chi connectivity index (χ2v) is 13.8. The molecule has 0 radical (unpaired) electrons. The van der Waals surface area contributed by atoms with Crippen LogP contribution in [-0.4, -0.2) is 0 Å². The summed E-state index contributed by atoms with van der Waals surface area (Å²) in [6, 6.07) is 75.9. The van der Waals surface area contributed by atoms with Crippen LogP contribution >= 0.6 is 0 Å². The Balaban J connectivity index is 1.25. The molecule has 0 aromatic heterocycles. The molecule has 0 aliphatic carbocycles. The number of benzene rings is 10. The van der Waals surface area contributed by atoms with Crippen molar-refractivity contribution in [1.82, 2.24) is 0 Å². The highest BCUT2D eigenvalue weighted by atomic mass is 14.2. The first-order valence-electron chi connectivity index (χ1n) is 18.0. The summed E-state index contributed by atoms with van der Waals surface area (Å²) in [5.41, 5.74) is 12.1. The van der Waals surface area contributed by atoms with Gasteiger partial charge in [-0.25, -0.2) is 0 Å². The first-order valence-corrected chi connectivity index (χ1v) is 18.0. The van der Waals surface area contributed by atoms with Crippen LogP contribution in [0, 0.1) is 0 Å². The molecule has 10 rings (SSSR count). The van der Waals surface area contributed by atoms with Crippen molar-refractivity contribution < 1.29 is 0 Å². The van der Waals surface area contributed by atoms with E-state index in [-0.39, 0.29) is 0 Å². The van der Waals surface area contributed by atoms with Crippen molar-refractivity contribution in [2.45, 2.75) is 0 Å². The maximum Gasteiger partial charge on any atom is -0.00928 e. The van der Waals surface area contributed by atoms with Crippen molar-refractivity contribution in [3.63, 3.8) is 0 Å². The zero-order valence-corrected chi connectivity index (χ0v) is 28.6. The Hall–Kier alpha value is -6.76. The average molecular weight is 659 g/mol. The van der Waals surface area contributed by atoms with E-state index in [2.05, 4.69) is 206 Å². The van der Waals surface area contributed by atoms with Crippen molar-refractivity contribution in [1.29, 1.82) is 0 Å². The fourth-order valence-corrected chi connectivity index (χ4v) is 7.85. The molecule has 0 fully saturated rings. The molecule has 0 heterocycles. The van der Waals surface area contributed by atoms with Crippen LogP contribution in [0.2, 0.25) is 0 Å². The van der Waals surface area contributed by atoms with E-state index in [0.717, 1.165) is 0 Å². The lowest BCUT2D eigenvalue weighted by Crippen LogP contribution is -1.93. The molecule has 0 saturated carbocycles. The molecular weight excluding hydrogens is 625 g/mol. The summed E-state index contributed by atoms with van der Waals surface area (Å²) in [6.07, 6.45) is 0. The van der Waals surface area contributed by atoms with E-state index in [1.807, 2.05) is 0 Å². The molecule has 0 amide bonds. The number of hydrogen-bond acceptors (Lipinski definition) is 0. The summed E-state index contributed by atoms with van der Waals surface area (Å²) in [5.74, 6) is 0. The number of hydrogen-bond donors (Lipinski definition) is 0. The Morgan fingerprint density at radius 1 is 0.154 bits per heavy atom. The molecule has 0 saturated heterocycles. The van der Waals surface area contributed by atoms with Gasteiger partial charge < -0.3 is 0 Å². The zero-order valence-electron chi connectivity index (χ0n) is 28.6. The Kier molecular flexibility index (Phi) is 7.25. The Labute approximate surface area is 303 Å². The summed E-state index contributed by atoms with van der Waals surface area (Å²) in [6.45, 7) is 0. The van der Waals surface area contributed by atoms with Crippen molar-refractivity contribution in [2.24, 2.45) is 0 Å². The Morgan fingerprint density at radius 2 is 0.404 bits per heavy atom. The quantitative estimate of drug-likeness (QED) is 0.173. The van der Waals surface area contributed by atoms with Crippen LogP contribution in [0.3, 0.4) is 0 Å². The summed E-state index contributed by atoms with van der Waals surface area (Å²) < 4.78 is 0. The predicted octanol–water partition coefficient (Wildman–Crippen LogP) is 14.6. The average Bonchev–Trinajstić information content (AvgIpc) is 3.22. The molecule has 0 N–H and O–H groups in total. The predicted molar refractivity (Wildman–Crippen MR) is 224 cm³/mol. The Morgan fingerprint density at radius 3 is 0.750 bits per heavy atom. The third-order valence-electron chi connectivity index (χ3n) is 10.6. The molecule has 0 unspecified atom stereocenters. The third kappa shape index (κ3) is 5.43. The molecule has 0 aliphatic heterocycles. The van der Waals surface area contributed by atoms with E-state index in [1.54, 1.807) is 0 Å². The summed E-state index contributed by atoms with van der Waals surface area (Å²) >= 11 is 0. The highest BCUT2D eigenvalue weighted by Gasteiger charge is 2.17. The molecule has 10 aromatic rings. The molecule has 0 atom stereocenters. The van der Waals surface area contributed by atoms with Crippen LogP contribution in [0.1, 0.15) is 0 Å². The van der Waals surface area contributed by atoms with E-state index in [1.165, 1.54) is 98.7 Å². The van der Waals surface area contributed by atoms with E-state index < -0.39 is 0 Å². The lowest BCUT2D eigenvalue weighted by atomic mass is 9.85. The fourth-order valence-electron chi connectivity index (χ4n) is 7.85. The van der Waals surface area contributed by atoms with Gasteiger partial charge in [-0.1, -0.05) is 170 Å². The molecule has 0 bridgehead atoms. The maximum absolute atomic E-state index is 2.42. The van der Waals surface area contributed by atoms with Gasteiger partial charge in [0.05, 0.1) is 0 Å². The molecule has 0 aliphatic rings. The highest BCUT2D eigenvalue weighted by Crippen LogP contribution is 2.43. The van der Waals surface area contributed by atoms with Crippen LogP contribution in [0.15, 0.2) is 206 Å². The van der Waals surface area contributed by atoms with Crippen molar-refractivity contribution in [3.8, 4) is 55.6 Å². The van der Waals surface area contributed by atoms with Gasteiger partial charge in [-0.3, -0.25) is 0 Å². The minimum atomic E-state index is 1.20. The largest absolute Gasteiger partial charge is 0.0616 e. The molecule has 0 heteroatoms. The minimum Gasteiger partial charge on any atom is -0.0616 e. The monoisotopic (exact) mass is 658 g/mol. The van der Waals surface area contributed by atoms with Gasteiger partial charge in [0.2, 0.25) is 0 Å². The van der Waals surface area contributed by atoms with E-state index in [4.69, 9.17) is 0 Å². The maximum atomic E-state index is 2.42. The first-order chi connectivity index (χ1) is 25.7. The van der Waals surface area contributed by atoms with Gasteiger partial charge in [-0.2, -0.15) is 0 Å². The van der Waals surface area contributed by atoms with E-state index in [9.17, 15) is 0 Å². The van der Waals surface area contributed by atoms with Crippen LogP contribution in [0.25, 0.3) is 98.7 Å². The second kappa shape index (κ2) is 12.5. The smallest absolute Gasteiger partial charge is 0.00928 e. The number of rotatable bonds is 5. The molecule has 52 heavy (non-hydrogen) atoms. The molecule has 242 valence electrons. The van der Waals surface area contributed by atoms with Gasteiger partial charge in [0.25, 0.3) is 0 Å². The number of fused-ring (bicyclic) bond motifs is 4. The lowest BCUT2D eigenvalue weighted by molar-refractivity contribution is 1.56. The Bertz CT molecular complexity index is 2760. The van der Waals surface area contributed by atoms with Crippen molar-refractivity contribution >= 4 is 43.1 Å². The first kappa shape index (κ1) is 30.1. The zero-order chi connectivity index (χ0) is 34.4. The van der Waals surface area contributed by atoms with Crippen LogP contribution in [-0.2, 0) is 0 Å². The topological polar surface area (TPSA) is 0 Å². The SMILES string of the molecule is c1ccc2cc(-c3ccc(-c4ccc5ccccc5c4)c(-c4cc(-c5ccc6ccccc6c5)ccc4-c4ccc5ccccc5c4)c3)ccc2c1. The highest BCUT2D eigenvalue weighted by molar-refractivity contribution is 6.00. The van der Waals surface area contributed by atoms with Gasteiger partial charge in [-0.15, -0.1) is 0 Å². The normalized spacial score (nSPS) is 11.5. The van der Waals surface area contributed by atoms with Crippen molar-refractivity contribution in [3.05, 3.63) is 206 Å².